The van der Waals surface area contributed by atoms with Crippen LogP contribution >= 0.6 is 0 Å². The standard InChI is InChI=1S/C51H57N3O18/c1-48(2,3)71-46(64)68-38(27-14-10-8-11-15-27)42(60)52-30(25-35(56)57)44(62)66-33-20-21-51(34-24-29-18-19-32(55)40-37(29)50(51,41(33)67-40)22-23-54(34)7)70-45(63)31(26-36(58)59)53-43(61)39(28-16-12-9-13-17-28)69-47(65)72-49(4,5)6/h8-20,30-31,34,38-39,41,55H,21-26H2,1-7H3,(H,52,60)(H,53,61)(H,56,57)(H,58,59)/t30?,31?,34-,38+,39+,41+,50+,51-/m1/s1. The number of phenolic OH excluding ortho intramolecular Hbond substituents is 1. The average Bonchev–Trinajstić information content (AvgIpc) is 3.65. The number of piperidine rings is 1. The molecule has 21 nitrogen and oxygen atoms in total. The zero-order chi connectivity index (χ0) is 52.5. The van der Waals surface area contributed by atoms with E-state index in [2.05, 4.69) is 10.6 Å². The van der Waals surface area contributed by atoms with E-state index in [1.54, 1.807) is 91.1 Å². The highest BCUT2D eigenvalue weighted by atomic mass is 16.7. The summed E-state index contributed by atoms with van der Waals surface area (Å²) in [7, 11) is 1.80. The van der Waals surface area contributed by atoms with E-state index < -0.39 is 119 Å². The van der Waals surface area contributed by atoms with E-state index in [1.165, 1.54) is 36.4 Å². The molecule has 0 radical (unpaired) electrons. The number of benzene rings is 3. The number of nitrogens with one attached hydrogen (secondary N) is 2. The van der Waals surface area contributed by atoms with E-state index in [9.17, 15) is 53.7 Å². The number of amides is 2. The fourth-order valence-electron chi connectivity index (χ4n) is 9.82. The molecule has 1 spiro atoms. The minimum absolute atomic E-state index is 0.00876. The van der Waals surface area contributed by atoms with Crippen molar-refractivity contribution in [3.05, 3.63) is 107 Å². The molecule has 5 N–H and O–H groups in total. The molecule has 21 heteroatoms. The number of ether oxygens (including phenoxy) is 7. The Morgan fingerprint density at radius 2 is 1.24 bits per heavy atom. The first kappa shape index (κ1) is 52.2. The highest BCUT2D eigenvalue weighted by Gasteiger charge is 2.74. The van der Waals surface area contributed by atoms with E-state index in [-0.39, 0.29) is 47.6 Å². The molecule has 2 bridgehead atoms. The normalized spacial score (nSPS) is 22.3. The summed E-state index contributed by atoms with van der Waals surface area (Å²) in [5, 5.41) is 36.2. The summed E-state index contributed by atoms with van der Waals surface area (Å²) in [6.07, 6.45) is -7.67. The van der Waals surface area contributed by atoms with Crippen molar-refractivity contribution in [2.24, 2.45) is 0 Å². The van der Waals surface area contributed by atoms with Gasteiger partial charge in [0, 0.05) is 23.1 Å². The second-order valence-electron chi connectivity index (χ2n) is 20.0. The summed E-state index contributed by atoms with van der Waals surface area (Å²) in [5.41, 5.74) is -3.74. The lowest BCUT2D eigenvalue weighted by molar-refractivity contribution is -0.208. The summed E-state index contributed by atoms with van der Waals surface area (Å²) >= 11 is 0. The topological polar surface area (TPSA) is 289 Å². The van der Waals surface area contributed by atoms with E-state index in [4.69, 9.17) is 33.2 Å². The summed E-state index contributed by atoms with van der Waals surface area (Å²) in [4.78, 5) is 110. The molecule has 3 aromatic rings. The molecule has 7 rings (SSSR count). The smallest absolute Gasteiger partial charge is 0.504 e. The maximum absolute atomic E-state index is 14.8. The second-order valence-corrected chi connectivity index (χ2v) is 20.0. The van der Waals surface area contributed by atoms with E-state index in [1.807, 2.05) is 4.90 Å². The number of likely N-dealkylation sites (N-methyl/N-ethyl adjacent to an activating group) is 1. The van der Waals surface area contributed by atoms with Crippen LogP contribution in [0.3, 0.4) is 0 Å². The number of hydrogen-bond acceptors (Lipinski definition) is 17. The Bertz CT molecular complexity index is 2660. The average molecular weight is 1000 g/mol. The van der Waals surface area contributed by atoms with Gasteiger partial charge < -0.3 is 59.1 Å². The predicted molar refractivity (Wildman–Crippen MR) is 248 cm³/mol. The molecule has 0 saturated carbocycles. The van der Waals surface area contributed by atoms with Crippen LogP contribution in [0.2, 0.25) is 0 Å². The molecule has 2 aliphatic carbocycles. The minimum atomic E-state index is -1.89. The molecule has 72 heavy (non-hydrogen) atoms. The molecule has 1 fully saturated rings. The molecule has 1 saturated heterocycles. The third-order valence-corrected chi connectivity index (χ3v) is 12.7. The van der Waals surface area contributed by atoms with Gasteiger partial charge in [0.25, 0.3) is 11.8 Å². The monoisotopic (exact) mass is 999 g/mol. The molecule has 0 aromatic heterocycles. The van der Waals surface area contributed by atoms with Gasteiger partial charge in [0.2, 0.25) is 12.2 Å². The number of esters is 2. The molecule has 2 heterocycles. The first-order chi connectivity index (χ1) is 33.8. The Hall–Kier alpha value is -7.68. The van der Waals surface area contributed by atoms with Crippen molar-refractivity contribution in [1.82, 2.24) is 15.5 Å². The lowest BCUT2D eigenvalue weighted by Gasteiger charge is -2.62. The first-order valence-corrected chi connectivity index (χ1v) is 23.1. The van der Waals surface area contributed by atoms with Crippen LogP contribution in [-0.4, -0.2) is 123 Å². The summed E-state index contributed by atoms with van der Waals surface area (Å²) < 4.78 is 40.5. The molecule has 4 aliphatic rings. The van der Waals surface area contributed by atoms with Gasteiger partial charge in [-0.15, -0.1) is 0 Å². The molecule has 2 amide bonds. The van der Waals surface area contributed by atoms with E-state index in [0.717, 1.165) is 0 Å². The van der Waals surface area contributed by atoms with Crippen molar-refractivity contribution in [3.63, 3.8) is 0 Å². The number of carboxylic acid groups (broad SMARTS) is 2. The predicted octanol–water partition coefficient (Wildman–Crippen LogP) is 5.07. The Morgan fingerprint density at radius 3 is 1.72 bits per heavy atom. The quantitative estimate of drug-likeness (QED) is 0.0925. The number of rotatable bonds is 16. The number of aromatic hydroxyl groups is 1. The maximum atomic E-state index is 14.8. The number of carbonyl (C=O) groups excluding carboxylic acids is 6. The number of carboxylic acids is 2. The maximum Gasteiger partial charge on any atom is 0.509 e. The fourth-order valence-corrected chi connectivity index (χ4v) is 9.82. The Morgan fingerprint density at radius 1 is 0.736 bits per heavy atom. The van der Waals surface area contributed by atoms with Crippen LogP contribution in [-0.2, 0) is 69.0 Å². The van der Waals surface area contributed by atoms with Crippen molar-refractivity contribution in [3.8, 4) is 11.5 Å². The van der Waals surface area contributed by atoms with Crippen molar-refractivity contribution in [1.29, 1.82) is 0 Å². The summed E-state index contributed by atoms with van der Waals surface area (Å²) in [6, 6.07) is 14.2. The molecule has 384 valence electrons. The number of aliphatic carboxylic acids is 2. The highest BCUT2D eigenvalue weighted by Crippen LogP contribution is 2.66. The third-order valence-electron chi connectivity index (χ3n) is 12.7. The van der Waals surface area contributed by atoms with Crippen LogP contribution < -0.4 is 15.4 Å². The van der Waals surface area contributed by atoms with Crippen molar-refractivity contribution in [2.45, 2.75) is 132 Å². The first-order valence-electron chi connectivity index (χ1n) is 23.1. The Labute approximate surface area is 413 Å². The lowest BCUT2D eigenvalue weighted by Crippen LogP contribution is -2.76. The van der Waals surface area contributed by atoms with Gasteiger partial charge in [0.15, 0.2) is 17.6 Å². The molecule has 8 atom stereocenters. The van der Waals surface area contributed by atoms with Crippen LogP contribution in [0.4, 0.5) is 9.59 Å². The van der Waals surface area contributed by atoms with E-state index in [0.29, 0.717) is 17.7 Å². The number of likely N-dealkylation sites (tertiary alicyclic amines) is 1. The number of hydrogen-bond donors (Lipinski definition) is 5. The van der Waals surface area contributed by atoms with Crippen LogP contribution in [0.1, 0.15) is 102 Å². The van der Waals surface area contributed by atoms with E-state index >= 15 is 0 Å². The van der Waals surface area contributed by atoms with Gasteiger partial charge in [0.1, 0.15) is 34.6 Å². The van der Waals surface area contributed by atoms with Gasteiger partial charge in [-0.05, 0) is 85.7 Å². The number of nitrogens with zero attached hydrogens (tertiary/aromatic N) is 1. The van der Waals surface area contributed by atoms with Crippen LogP contribution in [0, 0.1) is 0 Å². The van der Waals surface area contributed by atoms with Crippen molar-refractivity contribution < 1.29 is 86.8 Å². The molecule has 2 unspecified atom stereocenters. The number of phenols is 1. The summed E-state index contributed by atoms with van der Waals surface area (Å²) in [5.74, 6) is -8.12. The molecule has 2 aliphatic heterocycles. The lowest BCUT2D eigenvalue weighted by atomic mass is 9.50. The second kappa shape index (κ2) is 20.2. The van der Waals surface area contributed by atoms with Crippen molar-refractivity contribution >= 4 is 48.0 Å². The SMILES string of the molecule is CN1CC[C@]23c4c5ccc(O)c4O[C@H]2C(OC(=O)C(CC(=O)O)NC(=O)[C@@H](OC(=O)OC(C)(C)C)c2ccccc2)=CC[C@@]3(OC(=O)C(CC(=O)O)NC(=O)[C@@H](OC(=O)OC(C)(C)C)c2ccccc2)[C@H]1C5. The van der Waals surface area contributed by atoms with Gasteiger partial charge >= 0.3 is 36.2 Å². The van der Waals surface area contributed by atoms with Gasteiger partial charge in [-0.2, -0.15) is 0 Å². The van der Waals surface area contributed by atoms with Gasteiger partial charge in [-0.25, -0.2) is 19.2 Å². The van der Waals surface area contributed by atoms with Crippen LogP contribution in [0.5, 0.6) is 11.5 Å². The third kappa shape index (κ3) is 10.8. The van der Waals surface area contributed by atoms with Gasteiger partial charge in [-0.1, -0.05) is 66.7 Å². The number of carbonyl (C=O) groups is 8. The van der Waals surface area contributed by atoms with Crippen molar-refractivity contribution in [2.75, 3.05) is 13.6 Å². The Balaban J connectivity index is 1.22. The van der Waals surface area contributed by atoms with Gasteiger partial charge in [-0.3, -0.25) is 24.1 Å². The van der Waals surface area contributed by atoms with Crippen LogP contribution in [0.15, 0.2) is 84.6 Å². The van der Waals surface area contributed by atoms with Crippen LogP contribution in [0.25, 0.3) is 0 Å². The molecule has 3 aromatic carbocycles. The minimum Gasteiger partial charge on any atom is -0.504 e. The molecular weight excluding hydrogens is 943 g/mol. The summed E-state index contributed by atoms with van der Waals surface area (Å²) in [6.45, 7) is 9.84. The highest BCUT2D eigenvalue weighted by molar-refractivity contribution is 5.92. The largest absolute Gasteiger partial charge is 0.509 e. The molecular formula is C51H57N3O18. The van der Waals surface area contributed by atoms with Gasteiger partial charge in [0.05, 0.1) is 24.3 Å². The zero-order valence-corrected chi connectivity index (χ0v) is 40.6. The fraction of sp³-hybridized carbons (Fsp3) is 0.451. The Kier molecular flexibility index (Phi) is 14.6. The zero-order valence-electron chi connectivity index (χ0n) is 40.6.